The fourth-order valence-electron chi connectivity index (χ4n) is 1.67. The molecular weight excluding hydrogens is 300 g/mol. The molecule has 2 rings (SSSR count). The van der Waals surface area contributed by atoms with E-state index in [1.54, 1.807) is 0 Å². The van der Waals surface area contributed by atoms with Crippen LogP contribution in [0.15, 0.2) is 21.7 Å². The molecule has 1 unspecified atom stereocenters. The van der Waals surface area contributed by atoms with Gasteiger partial charge in [-0.15, -0.1) is 0 Å². The summed E-state index contributed by atoms with van der Waals surface area (Å²) >= 11 is 3.39. The quantitative estimate of drug-likeness (QED) is 0.336. The maximum Gasteiger partial charge on any atom is 0.167 e. The van der Waals surface area contributed by atoms with Gasteiger partial charge in [-0.3, -0.25) is 0 Å². The third-order valence-electron chi connectivity index (χ3n) is 2.43. The van der Waals surface area contributed by atoms with Gasteiger partial charge in [-0.25, -0.2) is 0 Å². The lowest BCUT2D eigenvalue weighted by molar-refractivity contribution is 0.327. The van der Waals surface area contributed by atoms with Crippen LogP contribution in [0.1, 0.15) is 6.42 Å². The van der Waals surface area contributed by atoms with Crippen molar-refractivity contribution in [3.63, 3.8) is 0 Å². The normalized spacial score (nSPS) is 15.9. The molecule has 94 valence electrons. The second kappa shape index (κ2) is 5.61. The minimum atomic E-state index is -0.0504. The van der Waals surface area contributed by atoms with Gasteiger partial charge in [0, 0.05) is 17.4 Å². The molecule has 1 aromatic rings. The maximum absolute atomic E-state index is 8.19. The number of fused-ring (bicyclic) bond motifs is 1. The van der Waals surface area contributed by atoms with Crippen LogP contribution in [-0.4, -0.2) is 19.1 Å². The van der Waals surface area contributed by atoms with Crippen LogP contribution in [0.25, 0.3) is 10.4 Å². The van der Waals surface area contributed by atoms with Gasteiger partial charge >= 0.3 is 0 Å². The molecule has 1 aliphatic rings. The van der Waals surface area contributed by atoms with E-state index >= 15 is 0 Å². The highest BCUT2D eigenvalue weighted by Gasteiger charge is 2.20. The number of hydrogen-bond donors (Lipinski definition) is 3. The third-order valence-corrected chi connectivity index (χ3v) is 3.05. The Morgan fingerprint density at radius 2 is 2.22 bits per heavy atom. The first-order valence-corrected chi connectivity index (χ1v) is 6.03. The van der Waals surface area contributed by atoms with Gasteiger partial charge in [-0.05, 0) is 33.7 Å². The highest BCUT2D eigenvalue weighted by molar-refractivity contribution is 9.10. The Morgan fingerprint density at radius 3 is 2.89 bits per heavy atom. The predicted octanol–water partition coefficient (Wildman–Crippen LogP) is 3.30. The van der Waals surface area contributed by atoms with E-state index in [-0.39, 0.29) is 12.9 Å². The van der Waals surface area contributed by atoms with Crippen LogP contribution in [0.5, 0.6) is 5.75 Å². The lowest BCUT2D eigenvalue weighted by Gasteiger charge is -2.07. The van der Waals surface area contributed by atoms with Gasteiger partial charge in [-0.1, -0.05) is 5.11 Å². The molecule has 1 aromatic carbocycles. The molecule has 8 heteroatoms. The molecule has 1 atom stereocenters. The molecular formula is C10H11BrN6O. The summed E-state index contributed by atoms with van der Waals surface area (Å²) in [6.07, 6.45) is 1.98. The molecule has 0 bridgehead atoms. The molecule has 0 amide bonds. The molecule has 0 saturated heterocycles. The van der Waals surface area contributed by atoms with E-state index in [0.717, 1.165) is 15.8 Å². The number of nitrogens with zero attached hydrogens (tertiary/aromatic N) is 3. The van der Waals surface area contributed by atoms with Gasteiger partial charge in [-0.2, -0.15) is 0 Å². The van der Waals surface area contributed by atoms with Gasteiger partial charge in [0.2, 0.25) is 0 Å². The third kappa shape index (κ3) is 2.66. The topological polar surface area (TPSA) is 106 Å². The van der Waals surface area contributed by atoms with Crippen molar-refractivity contribution in [1.29, 1.82) is 5.41 Å². The van der Waals surface area contributed by atoms with Crippen molar-refractivity contribution in [3.05, 3.63) is 27.0 Å². The summed E-state index contributed by atoms with van der Waals surface area (Å²) in [5, 5.41) is 16.9. The smallest absolute Gasteiger partial charge is 0.167 e. The Hall–Kier alpha value is -1.92. The summed E-state index contributed by atoms with van der Waals surface area (Å²) < 4.78 is 6.09. The van der Waals surface area contributed by atoms with Crippen LogP contribution in [0.4, 0.5) is 11.4 Å². The van der Waals surface area contributed by atoms with Crippen LogP contribution < -0.4 is 15.4 Å². The number of halogens is 1. The summed E-state index contributed by atoms with van der Waals surface area (Å²) in [7, 11) is 0. The molecule has 1 heterocycles. The second-order valence-corrected chi connectivity index (χ2v) is 4.47. The lowest BCUT2D eigenvalue weighted by atomic mass is 10.2. The van der Waals surface area contributed by atoms with E-state index in [0.29, 0.717) is 12.2 Å². The first-order valence-electron chi connectivity index (χ1n) is 5.24. The predicted molar refractivity (Wildman–Crippen MR) is 73.2 cm³/mol. The Bertz CT molecular complexity index is 513. The molecule has 0 aromatic heterocycles. The van der Waals surface area contributed by atoms with Crippen molar-refractivity contribution in [2.75, 3.05) is 17.4 Å². The molecule has 0 radical (unpaired) electrons. The SMILES string of the molecule is [N-]=[N+]=NCOc1cc2c(cc1Br)NC(CC=N)N2. The summed E-state index contributed by atoms with van der Waals surface area (Å²) in [6, 6.07) is 3.71. The Labute approximate surface area is 112 Å². The second-order valence-electron chi connectivity index (χ2n) is 3.61. The number of ether oxygens (including phenoxy) is 1. The van der Waals surface area contributed by atoms with Crippen molar-refractivity contribution < 1.29 is 4.74 Å². The first kappa shape index (κ1) is 12.5. The van der Waals surface area contributed by atoms with Crippen LogP contribution in [-0.2, 0) is 0 Å². The Balaban J connectivity index is 2.15. The highest BCUT2D eigenvalue weighted by Crippen LogP contribution is 2.38. The van der Waals surface area contributed by atoms with Crippen molar-refractivity contribution in [3.8, 4) is 5.75 Å². The van der Waals surface area contributed by atoms with Crippen LogP contribution in [0.2, 0.25) is 0 Å². The van der Waals surface area contributed by atoms with E-state index in [4.69, 9.17) is 15.7 Å². The molecule has 18 heavy (non-hydrogen) atoms. The Morgan fingerprint density at radius 1 is 1.50 bits per heavy atom. The number of hydrogen-bond acceptors (Lipinski definition) is 5. The van der Waals surface area contributed by atoms with Crippen molar-refractivity contribution in [2.24, 2.45) is 5.11 Å². The van der Waals surface area contributed by atoms with E-state index < -0.39 is 0 Å². The maximum atomic E-state index is 8.19. The average molecular weight is 311 g/mol. The zero-order valence-electron chi connectivity index (χ0n) is 9.35. The standard InChI is InChI=1S/C10H11BrN6O/c11-6-3-7-8(16-10(15-7)1-2-12)4-9(6)18-5-14-17-13/h2-4,10,12,15-16H,1,5H2. The highest BCUT2D eigenvalue weighted by atomic mass is 79.9. The molecule has 7 nitrogen and oxygen atoms in total. The van der Waals surface area contributed by atoms with E-state index in [1.807, 2.05) is 12.1 Å². The fraction of sp³-hybridized carbons (Fsp3) is 0.300. The minimum absolute atomic E-state index is 0.0248. The summed E-state index contributed by atoms with van der Waals surface area (Å²) in [5.74, 6) is 0.603. The number of nitrogens with one attached hydrogen (secondary N) is 3. The molecule has 1 aliphatic heterocycles. The average Bonchev–Trinajstić information content (AvgIpc) is 2.71. The zero-order chi connectivity index (χ0) is 13.0. The van der Waals surface area contributed by atoms with Gasteiger partial charge < -0.3 is 20.8 Å². The minimum Gasteiger partial charge on any atom is -0.486 e. The number of azide groups is 1. The van der Waals surface area contributed by atoms with Crippen LogP contribution in [0, 0.1) is 5.41 Å². The molecule has 3 N–H and O–H groups in total. The van der Waals surface area contributed by atoms with Gasteiger partial charge in [0.15, 0.2) is 6.73 Å². The van der Waals surface area contributed by atoms with Crippen molar-refractivity contribution in [1.82, 2.24) is 0 Å². The van der Waals surface area contributed by atoms with Crippen LogP contribution in [0.3, 0.4) is 0 Å². The Kier molecular flexibility index (Phi) is 3.91. The first-order chi connectivity index (χ1) is 8.74. The summed E-state index contributed by atoms with van der Waals surface area (Å²) in [5.41, 5.74) is 10.0. The number of rotatable bonds is 5. The molecule has 0 saturated carbocycles. The zero-order valence-corrected chi connectivity index (χ0v) is 10.9. The van der Waals surface area contributed by atoms with Gasteiger partial charge in [0.05, 0.1) is 15.8 Å². The number of benzene rings is 1. The largest absolute Gasteiger partial charge is 0.486 e. The van der Waals surface area contributed by atoms with Gasteiger partial charge in [0.25, 0.3) is 0 Å². The monoisotopic (exact) mass is 310 g/mol. The summed E-state index contributed by atoms with van der Waals surface area (Å²) in [4.78, 5) is 2.62. The summed E-state index contributed by atoms with van der Waals surface area (Å²) in [6.45, 7) is -0.0504. The van der Waals surface area contributed by atoms with Crippen molar-refractivity contribution in [2.45, 2.75) is 12.6 Å². The van der Waals surface area contributed by atoms with Crippen molar-refractivity contribution >= 4 is 33.5 Å². The number of anilines is 2. The van der Waals surface area contributed by atoms with E-state index in [9.17, 15) is 0 Å². The fourth-order valence-corrected chi connectivity index (χ4v) is 2.13. The molecule has 0 aliphatic carbocycles. The van der Waals surface area contributed by atoms with Crippen LogP contribution >= 0.6 is 15.9 Å². The van der Waals surface area contributed by atoms with E-state index in [2.05, 4.69) is 36.6 Å². The lowest BCUT2D eigenvalue weighted by Crippen LogP contribution is -2.21. The van der Waals surface area contributed by atoms with Gasteiger partial charge in [0.1, 0.15) is 11.9 Å². The van der Waals surface area contributed by atoms with E-state index in [1.165, 1.54) is 6.21 Å². The molecule has 0 fully saturated rings. The molecule has 0 spiro atoms.